The molecule has 3 heteroatoms. The molecule has 1 unspecified atom stereocenters. The van der Waals surface area contributed by atoms with Gasteiger partial charge in [0.05, 0.1) is 0 Å². The van der Waals surface area contributed by atoms with Crippen LogP contribution < -0.4 is 5.32 Å². The van der Waals surface area contributed by atoms with Crippen molar-refractivity contribution < 1.29 is 9.53 Å². The van der Waals surface area contributed by atoms with Crippen molar-refractivity contribution in [2.75, 3.05) is 5.32 Å². The predicted octanol–water partition coefficient (Wildman–Crippen LogP) is 5.48. The van der Waals surface area contributed by atoms with Crippen LogP contribution in [0, 0.1) is 0 Å². The summed E-state index contributed by atoms with van der Waals surface area (Å²) in [6, 6.07) is 17.9. The number of rotatable bonds is 6. The van der Waals surface area contributed by atoms with Gasteiger partial charge in [0.15, 0.2) is 0 Å². The van der Waals surface area contributed by atoms with Gasteiger partial charge in [-0.05, 0) is 36.1 Å². The molecule has 2 aromatic rings. The van der Waals surface area contributed by atoms with Gasteiger partial charge in [-0.2, -0.15) is 0 Å². The molecule has 2 aromatic carbocycles. The molecule has 0 aliphatic heterocycles. The third kappa shape index (κ3) is 4.62. The number of ether oxygens (including phenoxy) is 1. The molecular formula is C19H23NO2. The number of amides is 1. The van der Waals surface area contributed by atoms with Crippen molar-refractivity contribution in [2.45, 2.75) is 39.2 Å². The Kier molecular flexibility index (Phi) is 6.01. The summed E-state index contributed by atoms with van der Waals surface area (Å²) in [6.45, 7) is 4.12. The number of nitrogens with one attached hydrogen (secondary N) is 1. The van der Waals surface area contributed by atoms with Gasteiger partial charge in [-0.1, -0.05) is 62.7 Å². The summed E-state index contributed by atoms with van der Waals surface area (Å²) >= 11 is 0. The molecule has 0 radical (unpaired) electrons. The molecule has 0 aliphatic carbocycles. The number of benzene rings is 2. The van der Waals surface area contributed by atoms with Gasteiger partial charge in [-0.3, -0.25) is 5.32 Å². The Hall–Kier alpha value is -2.29. The van der Waals surface area contributed by atoms with E-state index < -0.39 is 0 Å². The van der Waals surface area contributed by atoms with E-state index in [1.165, 1.54) is 0 Å². The van der Waals surface area contributed by atoms with Gasteiger partial charge in [0.25, 0.3) is 0 Å². The molecule has 0 aliphatic rings. The topological polar surface area (TPSA) is 38.3 Å². The molecule has 116 valence electrons. The van der Waals surface area contributed by atoms with Crippen LogP contribution in [0.4, 0.5) is 10.5 Å². The fraction of sp³-hybridized carbons (Fsp3) is 0.316. The second-order valence-electron chi connectivity index (χ2n) is 5.29. The first kappa shape index (κ1) is 16.1. The highest BCUT2D eigenvalue weighted by atomic mass is 16.6. The molecule has 22 heavy (non-hydrogen) atoms. The maximum Gasteiger partial charge on any atom is 0.411 e. The Labute approximate surface area is 132 Å². The van der Waals surface area contributed by atoms with E-state index in [0.29, 0.717) is 0 Å². The Morgan fingerprint density at radius 1 is 1.00 bits per heavy atom. The van der Waals surface area contributed by atoms with Crippen LogP contribution in [0.15, 0.2) is 54.6 Å². The maximum atomic E-state index is 11.9. The lowest BCUT2D eigenvalue weighted by atomic mass is 10.1. The Bertz CT molecular complexity index is 578. The van der Waals surface area contributed by atoms with Crippen LogP contribution in [0.25, 0.3) is 11.1 Å². The smallest absolute Gasteiger partial charge is 0.411 e. The first-order chi connectivity index (χ1) is 10.7. The van der Waals surface area contributed by atoms with Gasteiger partial charge in [0, 0.05) is 5.69 Å². The van der Waals surface area contributed by atoms with Crippen LogP contribution in [-0.2, 0) is 4.74 Å². The monoisotopic (exact) mass is 297 g/mol. The van der Waals surface area contributed by atoms with Gasteiger partial charge in [0.1, 0.15) is 6.10 Å². The standard InChI is InChI=1S/C19H23NO2/c1-3-8-18(4-2)22-19(21)20-17-13-11-16(12-14-17)15-9-6-5-7-10-15/h5-7,9-14,18H,3-4,8H2,1-2H3,(H,20,21). The number of carbonyl (C=O) groups excluding carboxylic acids is 1. The minimum absolute atomic E-state index is 0.00593. The highest BCUT2D eigenvalue weighted by Gasteiger charge is 2.11. The fourth-order valence-electron chi connectivity index (χ4n) is 2.34. The lowest BCUT2D eigenvalue weighted by molar-refractivity contribution is 0.102. The average molecular weight is 297 g/mol. The molecule has 1 amide bonds. The minimum atomic E-state index is -0.382. The molecule has 0 fully saturated rings. The van der Waals surface area contributed by atoms with Gasteiger partial charge >= 0.3 is 6.09 Å². The van der Waals surface area contributed by atoms with Crippen molar-refractivity contribution in [3.63, 3.8) is 0 Å². The van der Waals surface area contributed by atoms with Gasteiger partial charge in [-0.25, -0.2) is 4.79 Å². The van der Waals surface area contributed by atoms with Crippen molar-refractivity contribution in [1.29, 1.82) is 0 Å². The maximum absolute atomic E-state index is 11.9. The Morgan fingerprint density at radius 2 is 1.64 bits per heavy atom. The summed E-state index contributed by atoms with van der Waals surface area (Å²) in [5.41, 5.74) is 3.03. The van der Waals surface area contributed by atoms with Crippen molar-refractivity contribution in [1.82, 2.24) is 0 Å². The third-order valence-corrected chi connectivity index (χ3v) is 3.58. The molecule has 0 spiro atoms. The zero-order chi connectivity index (χ0) is 15.8. The zero-order valence-electron chi connectivity index (χ0n) is 13.2. The van der Waals surface area contributed by atoms with E-state index in [-0.39, 0.29) is 12.2 Å². The van der Waals surface area contributed by atoms with Crippen LogP contribution in [0.2, 0.25) is 0 Å². The number of hydrogen-bond donors (Lipinski definition) is 1. The third-order valence-electron chi connectivity index (χ3n) is 3.58. The molecule has 0 aromatic heterocycles. The van der Waals surface area contributed by atoms with Crippen molar-refractivity contribution in [3.05, 3.63) is 54.6 Å². The summed E-state index contributed by atoms with van der Waals surface area (Å²) in [6.07, 6.45) is 2.36. The van der Waals surface area contributed by atoms with Crippen LogP contribution in [-0.4, -0.2) is 12.2 Å². The summed E-state index contributed by atoms with van der Waals surface area (Å²) in [5, 5.41) is 2.78. The van der Waals surface area contributed by atoms with Crippen LogP contribution in [0.5, 0.6) is 0 Å². The van der Waals surface area contributed by atoms with E-state index in [2.05, 4.69) is 24.4 Å². The second kappa shape index (κ2) is 8.23. The quantitative estimate of drug-likeness (QED) is 0.766. The van der Waals surface area contributed by atoms with E-state index in [4.69, 9.17) is 4.74 Å². The zero-order valence-corrected chi connectivity index (χ0v) is 13.2. The molecule has 3 nitrogen and oxygen atoms in total. The molecule has 0 saturated carbocycles. The van der Waals surface area contributed by atoms with Crippen LogP contribution >= 0.6 is 0 Å². The second-order valence-corrected chi connectivity index (χ2v) is 5.29. The first-order valence-electron chi connectivity index (χ1n) is 7.86. The van der Waals surface area contributed by atoms with Crippen LogP contribution in [0.3, 0.4) is 0 Å². The van der Waals surface area contributed by atoms with E-state index in [1.807, 2.05) is 49.4 Å². The van der Waals surface area contributed by atoms with E-state index in [9.17, 15) is 4.79 Å². The highest BCUT2D eigenvalue weighted by Crippen LogP contribution is 2.21. The van der Waals surface area contributed by atoms with E-state index in [0.717, 1.165) is 36.1 Å². The first-order valence-corrected chi connectivity index (χ1v) is 7.86. The largest absolute Gasteiger partial charge is 0.446 e. The van der Waals surface area contributed by atoms with E-state index in [1.54, 1.807) is 0 Å². The molecule has 1 N–H and O–H groups in total. The number of hydrogen-bond acceptors (Lipinski definition) is 2. The fourth-order valence-corrected chi connectivity index (χ4v) is 2.34. The van der Waals surface area contributed by atoms with Crippen LogP contribution in [0.1, 0.15) is 33.1 Å². The molecule has 0 saturated heterocycles. The minimum Gasteiger partial charge on any atom is -0.446 e. The Balaban J connectivity index is 1.95. The summed E-state index contributed by atoms with van der Waals surface area (Å²) < 4.78 is 5.41. The molecule has 2 rings (SSSR count). The SMILES string of the molecule is CCCC(CC)OC(=O)Nc1ccc(-c2ccccc2)cc1. The Morgan fingerprint density at radius 3 is 2.23 bits per heavy atom. The highest BCUT2D eigenvalue weighted by molar-refractivity contribution is 5.85. The normalized spacial score (nSPS) is 11.7. The lowest BCUT2D eigenvalue weighted by Crippen LogP contribution is -2.21. The number of carbonyl (C=O) groups is 1. The number of anilines is 1. The average Bonchev–Trinajstić information content (AvgIpc) is 2.56. The summed E-state index contributed by atoms with van der Waals surface area (Å²) in [7, 11) is 0. The van der Waals surface area contributed by atoms with E-state index >= 15 is 0 Å². The van der Waals surface area contributed by atoms with Gasteiger partial charge < -0.3 is 4.74 Å². The van der Waals surface area contributed by atoms with Crippen molar-refractivity contribution in [2.24, 2.45) is 0 Å². The lowest BCUT2D eigenvalue weighted by Gasteiger charge is -2.15. The summed E-state index contributed by atoms with van der Waals surface area (Å²) in [5.74, 6) is 0. The molecular weight excluding hydrogens is 274 g/mol. The predicted molar refractivity (Wildman–Crippen MR) is 91.0 cm³/mol. The molecule has 1 atom stereocenters. The molecule has 0 heterocycles. The van der Waals surface area contributed by atoms with Gasteiger partial charge in [0.2, 0.25) is 0 Å². The van der Waals surface area contributed by atoms with Gasteiger partial charge in [-0.15, -0.1) is 0 Å². The summed E-state index contributed by atoms with van der Waals surface area (Å²) in [4.78, 5) is 11.9. The van der Waals surface area contributed by atoms with Crippen molar-refractivity contribution >= 4 is 11.8 Å². The molecule has 0 bridgehead atoms. The van der Waals surface area contributed by atoms with Crippen molar-refractivity contribution in [3.8, 4) is 11.1 Å².